The van der Waals surface area contributed by atoms with Gasteiger partial charge in [0.2, 0.25) is 5.88 Å². The van der Waals surface area contributed by atoms with Crippen LogP contribution in [0, 0.1) is 5.92 Å². The molecule has 0 fully saturated rings. The number of fused-ring (bicyclic) bond motifs is 2. The summed E-state index contributed by atoms with van der Waals surface area (Å²) >= 11 is 0. The van der Waals surface area contributed by atoms with E-state index in [2.05, 4.69) is 52.0 Å². The second kappa shape index (κ2) is 6.16. The highest BCUT2D eigenvalue weighted by atomic mass is 16.5. The second-order valence-corrected chi connectivity index (χ2v) is 6.58. The molecule has 0 radical (unpaired) electrons. The first-order valence-electron chi connectivity index (χ1n) is 8.43. The molecule has 0 aliphatic heterocycles. The van der Waals surface area contributed by atoms with Gasteiger partial charge in [-0.05, 0) is 29.7 Å². The van der Waals surface area contributed by atoms with Crippen molar-refractivity contribution in [3.05, 3.63) is 48.5 Å². The van der Waals surface area contributed by atoms with Crippen molar-refractivity contribution in [1.82, 2.24) is 19.9 Å². The Hall–Kier alpha value is -2.95. The molecule has 5 nitrogen and oxygen atoms in total. The number of benzene rings is 1. The molecular weight excluding hydrogens is 312 g/mol. The van der Waals surface area contributed by atoms with Crippen molar-refractivity contribution in [2.24, 2.45) is 5.92 Å². The molecule has 0 aliphatic rings. The molecule has 3 aromatic heterocycles. The van der Waals surface area contributed by atoms with Crippen molar-refractivity contribution in [3.63, 3.8) is 0 Å². The second-order valence-electron chi connectivity index (χ2n) is 6.58. The van der Waals surface area contributed by atoms with Gasteiger partial charge in [-0.25, -0.2) is 4.98 Å². The Bertz CT molecular complexity index is 1050. The summed E-state index contributed by atoms with van der Waals surface area (Å²) in [4.78, 5) is 16.9. The summed E-state index contributed by atoms with van der Waals surface area (Å²) in [6, 6.07) is 10.2. The highest BCUT2D eigenvalue weighted by Crippen LogP contribution is 2.34. The average molecular weight is 332 g/mol. The van der Waals surface area contributed by atoms with Crippen molar-refractivity contribution in [1.29, 1.82) is 0 Å². The van der Waals surface area contributed by atoms with Gasteiger partial charge in [0.25, 0.3) is 0 Å². The topological polar surface area (TPSA) is 63.7 Å². The summed E-state index contributed by atoms with van der Waals surface area (Å²) in [5.74, 6) is 1.91. The van der Waals surface area contributed by atoms with Crippen LogP contribution < -0.4 is 4.74 Å². The molecule has 0 saturated carbocycles. The monoisotopic (exact) mass is 332 g/mol. The van der Waals surface area contributed by atoms with Crippen molar-refractivity contribution >= 4 is 21.9 Å². The fraction of sp³-hybridized carbons (Fsp3) is 0.250. The zero-order valence-electron chi connectivity index (χ0n) is 14.6. The highest BCUT2D eigenvalue weighted by molar-refractivity contribution is 5.99. The lowest BCUT2D eigenvalue weighted by molar-refractivity contribution is 0.399. The van der Waals surface area contributed by atoms with Gasteiger partial charge in [-0.15, -0.1) is 0 Å². The van der Waals surface area contributed by atoms with Crippen molar-refractivity contribution in [2.75, 3.05) is 7.11 Å². The summed E-state index contributed by atoms with van der Waals surface area (Å²) < 4.78 is 5.57. The fourth-order valence-electron chi connectivity index (χ4n) is 3.12. The number of aromatic nitrogens is 4. The average Bonchev–Trinajstić information content (AvgIpc) is 3.04. The molecular formula is C20H20N4O. The van der Waals surface area contributed by atoms with Crippen LogP contribution in [-0.2, 0) is 6.42 Å². The molecule has 4 aromatic rings. The van der Waals surface area contributed by atoms with E-state index in [9.17, 15) is 0 Å². The summed E-state index contributed by atoms with van der Waals surface area (Å²) in [6.07, 6.45) is 4.60. The van der Waals surface area contributed by atoms with E-state index in [0.717, 1.165) is 45.3 Å². The molecule has 126 valence electrons. The van der Waals surface area contributed by atoms with E-state index in [4.69, 9.17) is 4.74 Å². The van der Waals surface area contributed by atoms with Crippen molar-refractivity contribution < 1.29 is 4.74 Å². The van der Waals surface area contributed by atoms with E-state index in [1.165, 1.54) is 0 Å². The molecule has 0 atom stereocenters. The number of hydrogen-bond acceptors (Lipinski definition) is 4. The van der Waals surface area contributed by atoms with Gasteiger partial charge in [-0.2, -0.15) is 4.98 Å². The lowest BCUT2D eigenvalue weighted by atomic mass is 10.0. The van der Waals surface area contributed by atoms with Gasteiger partial charge in [0, 0.05) is 29.8 Å². The van der Waals surface area contributed by atoms with Crippen LogP contribution in [-0.4, -0.2) is 27.0 Å². The third-order valence-electron chi connectivity index (χ3n) is 4.24. The van der Waals surface area contributed by atoms with Gasteiger partial charge in [0.15, 0.2) is 0 Å². The highest BCUT2D eigenvalue weighted by Gasteiger charge is 2.16. The van der Waals surface area contributed by atoms with Crippen LogP contribution in [0.4, 0.5) is 0 Å². The van der Waals surface area contributed by atoms with Crippen molar-refractivity contribution in [2.45, 2.75) is 20.3 Å². The predicted octanol–water partition coefficient (Wildman–Crippen LogP) is 4.38. The molecule has 0 spiro atoms. The fourth-order valence-corrected chi connectivity index (χ4v) is 3.12. The Labute approximate surface area is 146 Å². The van der Waals surface area contributed by atoms with Gasteiger partial charge in [0.1, 0.15) is 11.5 Å². The van der Waals surface area contributed by atoms with Crippen LogP contribution in [0.1, 0.15) is 19.7 Å². The van der Waals surface area contributed by atoms with E-state index in [1.807, 2.05) is 18.3 Å². The molecule has 4 rings (SSSR count). The first-order chi connectivity index (χ1) is 12.2. The zero-order valence-corrected chi connectivity index (χ0v) is 14.6. The number of rotatable bonds is 4. The Morgan fingerprint density at radius 1 is 1.16 bits per heavy atom. The summed E-state index contributed by atoms with van der Waals surface area (Å²) in [5, 5.41) is 2.02. The van der Waals surface area contributed by atoms with Gasteiger partial charge in [-0.3, -0.25) is 4.98 Å². The lowest BCUT2D eigenvalue weighted by Gasteiger charge is -2.08. The molecule has 3 heterocycles. The number of nitrogens with one attached hydrogen (secondary N) is 1. The molecule has 0 unspecified atom stereocenters. The number of methoxy groups -OCH3 is 1. The summed E-state index contributed by atoms with van der Waals surface area (Å²) in [7, 11) is 1.65. The van der Waals surface area contributed by atoms with Crippen LogP contribution >= 0.6 is 0 Å². The number of hydrogen-bond donors (Lipinski definition) is 1. The number of H-pyrrole nitrogens is 1. The maximum absolute atomic E-state index is 5.57. The smallest absolute Gasteiger partial charge is 0.226 e. The largest absolute Gasteiger partial charge is 0.480 e. The summed E-state index contributed by atoms with van der Waals surface area (Å²) in [6.45, 7) is 4.31. The Morgan fingerprint density at radius 3 is 2.84 bits per heavy atom. The Balaban J connectivity index is 1.89. The number of pyridine rings is 1. The van der Waals surface area contributed by atoms with E-state index in [0.29, 0.717) is 11.8 Å². The standard InChI is InChI=1S/C20H20N4O/c1-12(2)9-17-23-19-18(20(24-17)25-3)15(11-22-19)13-6-7-16-14(10-13)5-4-8-21-16/h4-8,10-12H,9H2,1-3H3,(H,22,23,24). The predicted molar refractivity (Wildman–Crippen MR) is 99.7 cm³/mol. The first kappa shape index (κ1) is 15.6. The van der Waals surface area contributed by atoms with Crippen molar-refractivity contribution in [3.8, 4) is 17.0 Å². The normalized spacial score (nSPS) is 11.5. The van der Waals surface area contributed by atoms with E-state index in [-0.39, 0.29) is 0 Å². The maximum atomic E-state index is 5.57. The van der Waals surface area contributed by atoms with Crippen LogP contribution in [0.15, 0.2) is 42.7 Å². The molecule has 0 amide bonds. The van der Waals surface area contributed by atoms with Gasteiger partial charge in [0.05, 0.1) is 18.0 Å². The lowest BCUT2D eigenvalue weighted by Crippen LogP contribution is -2.03. The van der Waals surface area contributed by atoms with E-state index >= 15 is 0 Å². The molecule has 1 aromatic carbocycles. The zero-order chi connectivity index (χ0) is 17.4. The van der Waals surface area contributed by atoms with Crippen LogP contribution in [0.25, 0.3) is 33.1 Å². The van der Waals surface area contributed by atoms with Crippen LogP contribution in [0.2, 0.25) is 0 Å². The number of aromatic amines is 1. The third kappa shape index (κ3) is 2.82. The van der Waals surface area contributed by atoms with Gasteiger partial charge < -0.3 is 9.72 Å². The first-order valence-corrected chi connectivity index (χ1v) is 8.43. The molecule has 0 aliphatic carbocycles. The molecule has 5 heteroatoms. The van der Waals surface area contributed by atoms with Crippen LogP contribution in [0.5, 0.6) is 5.88 Å². The maximum Gasteiger partial charge on any atom is 0.226 e. The molecule has 0 bridgehead atoms. The number of ether oxygens (including phenoxy) is 1. The summed E-state index contributed by atoms with van der Waals surface area (Å²) in [5.41, 5.74) is 3.91. The third-order valence-corrected chi connectivity index (χ3v) is 4.24. The molecule has 1 N–H and O–H groups in total. The van der Waals surface area contributed by atoms with Gasteiger partial charge in [-0.1, -0.05) is 26.0 Å². The van der Waals surface area contributed by atoms with E-state index in [1.54, 1.807) is 13.3 Å². The minimum Gasteiger partial charge on any atom is -0.480 e. The van der Waals surface area contributed by atoms with Crippen LogP contribution in [0.3, 0.4) is 0 Å². The van der Waals surface area contributed by atoms with E-state index < -0.39 is 0 Å². The quantitative estimate of drug-likeness (QED) is 0.602. The van der Waals surface area contributed by atoms with Gasteiger partial charge >= 0.3 is 0 Å². The Kier molecular flexibility index (Phi) is 3.84. The molecule has 25 heavy (non-hydrogen) atoms. The Morgan fingerprint density at radius 2 is 2.04 bits per heavy atom. The number of nitrogens with zero attached hydrogens (tertiary/aromatic N) is 3. The minimum atomic E-state index is 0.490. The molecule has 0 saturated heterocycles. The SMILES string of the molecule is COc1nc(CC(C)C)nc2[nH]cc(-c3ccc4ncccc4c3)c12. The minimum absolute atomic E-state index is 0.490.